The number of piperazine rings is 1. The third-order valence-corrected chi connectivity index (χ3v) is 5.18. The third-order valence-electron chi connectivity index (χ3n) is 5.18. The van der Waals surface area contributed by atoms with Crippen LogP contribution < -0.4 is 15.0 Å². The van der Waals surface area contributed by atoms with Gasteiger partial charge in [0.15, 0.2) is 0 Å². The van der Waals surface area contributed by atoms with E-state index in [9.17, 15) is 4.79 Å². The first kappa shape index (κ1) is 20.0. The lowest BCUT2D eigenvalue weighted by Crippen LogP contribution is -2.50. The summed E-state index contributed by atoms with van der Waals surface area (Å²) >= 11 is 0. The molecule has 1 aliphatic heterocycles. The minimum atomic E-state index is -0.0259. The van der Waals surface area contributed by atoms with Crippen LogP contribution in [0.5, 0.6) is 5.75 Å². The Morgan fingerprint density at radius 2 is 1.71 bits per heavy atom. The molecule has 0 spiro atoms. The summed E-state index contributed by atoms with van der Waals surface area (Å²) in [7, 11) is 5.71. The summed E-state index contributed by atoms with van der Waals surface area (Å²) in [5, 5.41) is 3.00. The van der Waals surface area contributed by atoms with Gasteiger partial charge >= 0.3 is 6.03 Å². The summed E-state index contributed by atoms with van der Waals surface area (Å²) in [5.74, 6) is 0.945. The molecule has 0 unspecified atom stereocenters. The highest BCUT2D eigenvalue weighted by atomic mass is 16.5. The minimum absolute atomic E-state index is 0.0259. The number of rotatable bonds is 6. The van der Waals surface area contributed by atoms with E-state index in [1.807, 2.05) is 66.4 Å². The van der Waals surface area contributed by atoms with Gasteiger partial charge in [0, 0.05) is 58.2 Å². The number of hydrogen-bond acceptors (Lipinski definition) is 4. The Kier molecular flexibility index (Phi) is 6.76. The summed E-state index contributed by atoms with van der Waals surface area (Å²) < 4.78 is 5.43. The van der Waals surface area contributed by atoms with Crippen molar-refractivity contribution in [1.82, 2.24) is 9.80 Å². The number of nitrogens with zero attached hydrogens (tertiary/aromatic N) is 3. The van der Waals surface area contributed by atoms with Crippen LogP contribution in [-0.4, -0.2) is 69.8 Å². The highest BCUT2D eigenvalue weighted by Crippen LogP contribution is 2.19. The molecule has 0 radical (unpaired) electrons. The molecule has 0 saturated carbocycles. The van der Waals surface area contributed by atoms with Crippen molar-refractivity contribution in [3.05, 3.63) is 54.1 Å². The summed E-state index contributed by atoms with van der Waals surface area (Å²) in [4.78, 5) is 18.9. The van der Waals surface area contributed by atoms with Crippen molar-refractivity contribution in [2.45, 2.75) is 6.42 Å². The van der Waals surface area contributed by atoms with Crippen molar-refractivity contribution in [1.29, 1.82) is 0 Å². The summed E-state index contributed by atoms with van der Waals surface area (Å²) in [6.45, 7) is 4.24. The van der Waals surface area contributed by atoms with E-state index in [1.165, 1.54) is 5.56 Å². The smallest absolute Gasteiger partial charge is 0.321 e. The van der Waals surface area contributed by atoms with Gasteiger partial charge in [0.1, 0.15) is 5.75 Å². The van der Waals surface area contributed by atoms with Gasteiger partial charge in [-0.3, -0.25) is 4.90 Å². The van der Waals surface area contributed by atoms with Gasteiger partial charge in [0.2, 0.25) is 0 Å². The Hall–Kier alpha value is -2.73. The van der Waals surface area contributed by atoms with Crippen LogP contribution in [-0.2, 0) is 6.42 Å². The molecule has 1 aliphatic rings. The SMILES string of the molecule is COc1ccccc1CCN1CCN(C(=O)Nc2ccc(N(C)C)cc2)CC1. The number of carbonyl (C=O) groups is 1. The lowest BCUT2D eigenvalue weighted by Gasteiger charge is -2.34. The second kappa shape index (κ2) is 9.46. The van der Waals surface area contributed by atoms with E-state index in [0.717, 1.165) is 56.3 Å². The van der Waals surface area contributed by atoms with Gasteiger partial charge in [-0.1, -0.05) is 18.2 Å². The van der Waals surface area contributed by atoms with Gasteiger partial charge in [-0.25, -0.2) is 4.79 Å². The van der Waals surface area contributed by atoms with E-state index in [4.69, 9.17) is 4.74 Å². The molecule has 2 aromatic rings. The minimum Gasteiger partial charge on any atom is -0.496 e. The molecule has 1 N–H and O–H groups in total. The van der Waals surface area contributed by atoms with Crippen molar-refractivity contribution in [3.63, 3.8) is 0 Å². The van der Waals surface area contributed by atoms with Crippen molar-refractivity contribution in [3.8, 4) is 5.75 Å². The van der Waals surface area contributed by atoms with Crippen molar-refractivity contribution < 1.29 is 9.53 Å². The zero-order chi connectivity index (χ0) is 19.9. The molecule has 150 valence electrons. The number of urea groups is 1. The van der Waals surface area contributed by atoms with Gasteiger partial charge in [-0.05, 0) is 42.3 Å². The van der Waals surface area contributed by atoms with Crippen molar-refractivity contribution in [2.24, 2.45) is 0 Å². The van der Waals surface area contributed by atoms with Gasteiger partial charge in [0.05, 0.1) is 7.11 Å². The zero-order valence-electron chi connectivity index (χ0n) is 17.0. The fourth-order valence-electron chi connectivity index (χ4n) is 3.41. The summed E-state index contributed by atoms with van der Waals surface area (Å²) in [6.07, 6.45) is 0.953. The molecule has 2 aromatic carbocycles. The normalized spacial score (nSPS) is 14.6. The predicted octanol–water partition coefficient (Wildman–Crippen LogP) is 3.15. The summed E-state index contributed by atoms with van der Waals surface area (Å²) in [5.41, 5.74) is 3.17. The molecule has 0 aliphatic carbocycles. The second-order valence-corrected chi connectivity index (χ2v) is 7.26. The maximum atomic E-state index is 12.5. The molecule has 6 heteroatoms. The first-order chi connectivity index (χ1) is 13.6. The van der Waals surface area contributed by atoms with E-state index in [1.54, 1.807) is 7.11 Å². The molecule has 28 heavy (non-hydrogen) atoms. The van der Waals surface area contributed by atoms with Gasteiger partial charge in [-0.15, -0.1) is 0 Å². The van der Waals surface area contributed by atoms with E-state index in [-0.39, 0.29) is 6.03 Å². The number of methoxy groups -OCH3 is 1. The Morgan fingerprint density at radius 3 is 2.36 bits per heavy atom. The molecule has 1 fully saturated rings. The molecule has 1 saturated heterocycles. The molecular formula is C22H30N4O2. The van der Waals surface area contributed by atoms with Gasteiger partial charge in [0.25, 0.3) is 0 Å². The van der Waals surface area contributed by atoms with Crippen LogP contribution in [0.2, 0.25) is 0 Å². The number of ether oxygens (including phenoxy) is 1. The highest BCUT2D eigenvalue weighted by Gasteiger charge is 2.21. The van der Waals surface area contributed by atoms with Crippen molar-refractivity contribution >= 4 is 17.4 Å². The number of benzene rings is 2. The van der Waals surface area contributed by atoms with Crippen LogP contribution in [0, 0.1) is 0 Å². The lowest BCUT2D eigenvalue weighted by molar-refractivity contribution is 0.148. The monoisotopic (exact) mass is 382 g/mol. The standard InChI is InChI=1S/C22H30N4O2/c1-24(2)20-10-8-19(9-11-20)23-22(27)26-16-14-25(15-17-26)13-12-18-6-4-5-7-21(18)28-3/h4-11H,12-17H2,1-3H3,(H,23,27). The highest BCUT2D eigenvalue weighted by molar-refractivity contribution is 5.89. The van der Waals surface area contributed by atoms with Crippen LogP contribution in [0.15, 0.2) is 48.5 Å². The molecule has 0 bridgehead atoms. The van der Waals surface area contributed by atoms with E-state index < -0.39 is 0 Å². The van der Waals surface area contributed by atoms with E-state index in [2.05, 4.69) is 16.3 Å². The van der Waals surface area contributed by atoms with Crippen molar-refractivity contribution in [2.75, 3.05) is 64.1 Å². The first-order valence-corrected chi connectivity index (χ1v) is 9.74. The maximum absolute atomic E-state index is 12.5. The molecule has 3 rings (SSSR count). The van der Waals surface area contributed by atoms with Crippen LogP contribution in [0.1, 0.15) is 5.56 Å². The van der Waals surface area contributed by atoms with E-state index >= 15 is 0 Å². The maximum Gasteiger partial charge on any atom is 0.321 e. The van der Waals surface area contributed by atoms with Gasteiger partial charge < -0.3 is 19.9 Å². The summed E-state index contributed by atoms with van der Waals surface area (Å²) in [6, 6.07) is 16.0. The van der Waals surface area contributed by atoms with Crippen LogP contribution >= 0.6 is 0 Å². The number of carbonyl (C=O) groups excluding carboxylic acids is 1. The Bertz CT molecular complexity index is 768. The number of amides is 2. The third kappa shape index (κ3) is 5.16. The fraction of sp³-hybridized carbons (Fsp3) is 0.409. The molecule has 1 heterocycles. The van der Waals surface area contributed by atoms with E-state index in [0.29, 0.717) is 0 Å². The average Bonchev–Trinajstić information content (AvgIpc) is 2.73. The lowest BCUT2D eigenvalue weighted by atomic mass is 10.1. The molecule has 0 aromatic heterocycles. The molecule has 6 nitrogen and oxygen atoms in total. The Morgan fingerprint density at radius 1 is 1.04 bits per heavy atom. The van der Waals surface area contributed by atoms with Crippen LogP contribution in [0.25, 0.3) is 0 Å². The first-order valence-electron chi connectivity index (χ1n) is 9.74. The zero-order valence-corrected chi connectivity index (χ0v) is 17.0. The number of para-hydroxylation sites is 1. The fourth-order valence-corrected chi connectivity index (χ4v) is 3.41. The average molecular weight is 383 g/mol. The van der Waals surface area contributed by atoms with Gasteiger partial charge in [-0.2, -0.15) is 0 Å². The number of nitrogens with one attached hydrogen (secondary N) is 1. The Labute approximate surface area is 167 Å². The molecular weight excluding hydrogens is 352 g/mol. The number of anilines is 2. The topological polar surface area (TPSA) is 48.1 Å². The predicted molar refractivity (Wildman–Crippen MR) is 114 cm³/mol. The largest absolute Gasteiger partial charge is 0.496 e. The number of hydrogen-bond donors (Lipinski definition) is 1. The van der Waals surface area contributed by atoms with Crippen LogP contribution in [0.3, 0.4) is 0 Å². The van der Waals surface area contributed by atoms with Crippen LogP contribution in [0.4, 0.5) is 16.2 Å². The molecule has 2 amide bonds. The quantitative estimate of drug-likeness (QED) is 0.834. The second-order valence-electron chi connectivity index (χ2n) is 7.26. The molecule has 0 atom stereocenters. The Balaban J connectivity index is 1.45.